The maximum atomic E-state index is 12.7. The van der Waals surface area contributed by atoms with Crippen molar-refractivity contribution < 1.29 is 17.9 Å². The maximum absolute atomic E-state index is 12.7. The van der Waals surface area contributed by atoms with Gasteiger partial charge in [0.25, 0.3) is 0 Å². The van der Waals surface area contributed by atoms with Gasteiger partial charge in [-0.1, -0.05) is 6.07 Å². The summed E-state index contributed by atoms with van der Waals surface area (Å²) in [6.45, 7) is 2.47. The van der Waals surface area contributed by atoms with E-state index in [1.54, 1.807) is 18.2 Å². The highest BCUT2D eigenvalue weighted by Gasteiger charge is 2.30. The number of hydrogen-bond donors (Lipinski definition) is 1. The number of rotatable bonds is 3. The van der Waals surface area contributed by atoms with Crippen molar-refractivity contribution in [3.05, 3.63) is 23.8 Å². The largest absolute Gasteiger partial charge is 0.495 e. The van der Waals surface area contributed by atoms with Gasteiger partial charge in [-0.2, -0.15) is 4.31 Å². The second-order valence-electron chi connectivity index (χ2n) is 4.70. The summed E-state index contributed by atoms with van der Waals surface area (Å²) in [6, 6.07) is 4.98. The van der Waals surface area contributed by atoms with E-state index in [9.17, 15) is 13.2 Å². The molecule has 0 saturated carbocycles. The van der Waals surface area contributed by atoms with Gasteiger partial charge in [0.1, 0.15) is 10.6 Å². The first-order valence-electron chi connectivity index (χ1n) is 6.36. The highest BCUT2D eigenvalue weighted by molar-refractivity contribution is 7.89. The second kappa shape index (κ2) is 5.80. The smallest absolute Gasteiger partial charge is 0.247 e. The van der Waals surface area contributed by atoms with Crippen molar-refractivity contribution in [2.75, 3.05) is 26.7 Å². The Labute approximate surface area is 118 Å². The van der Waals surface area contributed by atoms with Gasteiger partial charge in [0.2, 0.25) is 15.9 Å². The Balaban J connectivity index is 2.43. The number of ether oxygens (including phenoxy) is 1. The number of amides is 1. The summed E-state index contributed by atoms with van der Waals surface area (Å²) >= 11 is 0. The Hall–Kier alpha value is -1.60. The van der Waals surface area contributed by atoms with Gasteiger partial charge >= 0.3 is 0 Å². The van der Waals surface area contributed by atoms with E-state index in [1.807, 2.05) is 6.92 Å². The first-order valence-corrected chi connectivity index (χ1v) is 7.80. The number of carbonyl (C=O) groups is 1. The quantitative estimate of drug-likeness (QED) is 0.882. The highest BCUT2D eigenvalue weighted by Crippen LogP contribution is 2.28. The van der Waals surface area contributed by atoms with Crippen molar-refractivity contribution in [3.63, 3.8) is 0 Å². The fourth-order valence-corrected chi connectivity index (χ4v) is 3.78. The van der Waals surface area contributed by atoms with Crippen LogP contribution in [0.15, 0.2) is 23.1 Å². The first kappa shape index (κ1) is 14.8. The zero-order valence-corrected chi connectivity index (χ0v) is 12.4. The van der Waals surface area contributed by atoms with E-state index in [0.29, 0.717) is 25.3 Å². The fraction of sp³-hybridized carbons (Fsp3) is 0.462. The van der Waals surface area contributed by atoms with Gasteiger partial charge < -0.3 is 10.1 Å². The van der Waals surface area contributed by atoms with E-state index in [2.05, 4.69) is 5.32 Å². The van der Waals surface area contributed by atoms with Crippen LogP contribution in [0.3, 0.4) is 0 Å². The fourth-order valence-electron chi connectivity index (χ4n) is 2.11. The summed E-state index contributed by atoms with van der Waals surface area (Å²) < 4.78 is 31.7. The Morgan fingerprint density at radius 2 is 2.10 bits per heavy atom. The Kier molecular flexibility index (Phi) is 4.29. The van der Waals surface area contributed by atoms with Crippen molar-refractivity contribution in [3.8, 4) is 5.75 Å². The number of aryl methyl sites for hydroxylation is 1. The SMILES string of the molecule is COc1ccc(C)cc1S(=O)(=O)N1CCCNC(=O)C1. The minimum absolute atomic E-state index is 0.106. The van der Waals surface area contributed by atoms with E-state index < -0.39 is 10.0 Å². The molecule has 1 fully saturated rings. The Bertz CT molecular complexity index is 613. The van der Waals surface area contributed by atoms with Crippen molar-refractivity contribution >= 4 is 15.9 Å². The Morgan fingerprint density at radius 1 is 1.35 bits per heavy atom. The molecule has 0 aliphatic carbocycles. The lowest BCUT2D eigenvalue weighted by Gasteiger charge is -2.20. The van der Waals surface area contributed by atoms with Crippen LogP contribution in [-0.4, -0.2) is 45.4 Å². The van der Waals surface area contributed by atoms with Gasteiger partial charge in [0.15, 0.2) is 0 Å². The van der Waals surface area contributed by atoms with Gasteiger partial charge in [-0.15, -0.1) is 0 Å². The summed E-state index contributed by atoms with van der Waals surface area (Å²) in [4.78, 5) is 11.7. The average Bonchev–Trinajstić information content (AvgIpc) is 2.64. The van der Waals surface area contributed by atoms with Crippen molar-refractivity contribution in [1.82, 2.24) is 9.62 Å². The minimum atomic E-state index is -3.74. The lowest BCUT2D eigenvalue weighted by Crippen LogP contribution is -2.37. The van der Waals surface area contributed by atoms with Crippen LogP contribution in [0.1, 0.15) is 12.0 Å². The molecule has 0 bridgehead atoms. The van der Waals surface area contributed by atoms with Crippen LogP contribution >= 0.6 is 0 Å². The lowest BCUT2D eigenvalue weighted by molar-refractivity contribution is -0.120. The third-order valence-corrected chi connectivity index (χ3v) is 5.03. The molecule has 1 aliphatic rings. The normalized spacial score (nSPS) is 17.4. The number of hydrogen-bond acceptors (Lipinski definition) is 4. The van der Waals surface area contributed by atoms with Crippen molar-refractivity contribution in [2.45, 2.75) is 18.2 Å². The summed E-state index contributed by atoms with van der Waals surface area (Å²) in [7, 11) is -2.31. The molecule has 0 spiro atoms. The summed E-state index contributed by atoms with van der Waals surface area (Å²) in [5, 5.41) is 2.66. The van der Waals surface area contributed by atoms with Crippen LogP contribution < -0.4 is 10.1 Å². The standard InChI is InChI=1S/C13H18N2O4S/c1-10-4-5-11(19-2)12(8-10)20(17,18)15-7-3-6-14-13(16)9-15/h4-5,8H,3,6-7,9H2,1-2H3,(H,14,16). The number of nitrogens with zero attached hydrogens (tertiary/aromatic N) is 1. The molecule has 0 radical (unpaired) electrons. The number of sulfonamides is 1. The van der Waals surface area contributed by atoms with Crippen LogP contribution in [-0.2, 0) is 14.8 Å². The number of benzene rings is 1. The maximum Gasteiger partial charge on any atom is 0.247 e. The molecule has 1 aliphatic heterocycles. The predicted molar refractivity (Wildman–Crippen MR) is 74.1 cm³/mol. The third-order valence-electron chi connectivity index (χ3n) is 3.16. The molecule has 20 heavy (non-hydrogen) atoms. The molecule has 0 unspecified atom stereocenters. The van der Waals surface area contributed by atoms with Crippen LogP contribution in [0.5, 0.6) is 5.75 Å². The van der Waals surface area contributed by atoms with Gasteiger partial charge in [0.05, 0.1) is 13.7 Å². The molecular formula is C13H18N2O4S. The van der Waals surface area contributed by atoms with Crippen molar-refractivity contribution in [1.29, 1.82) is 0 Å². The zero-order chi connectivity index (χ0) is 14.8. The number of methoxy groups -OCH3 is 1. The van der Waals surface area contributed by atoms with E-state index in [1.165, 1.54) is 11.4 Å². The second-order valence-corrected chi connectivity index (χ2v) is 6.60. The topological polar surface area (TPSA) is 75.7 Å². The molecule has 1 aromatic rings. The molecule has 1 heterocycles. The zero-order valence-electron chi connectivity index (χ0n) is 11.5. The van der Waals surface area contributed by atoms with Crippen LogP contribution in [0.2, 0.25) is 0 Å². The molecule has 110 valence electrons. The minimum Gasteiger partial charge on any atom is -0.495 e. The summed E-state index contributed by atoms with van der Waals surface area (Å²) in [5.74, 6) is 0.0120. The van der Waals surface area contributed by atoms with Gasteiger partial charge in [0, 0.05) is 13.1 Å². The molecule has 0 aromatic heterocycles. The lowest BCUT2D eigenvalue weighted by atomic mass is 10.2. The van der Waals surface area contributed by atoms with Crippen LogP contribution in [0, 0.1) is 6.92 Å². The third kappa shape index (κ3) is 2.94. The molecule has 1 N–H and O–H groups in total. The molecular weight excluding hydrogens is 280 g/mol. The number of nitrogens with one attached hydrogen (secondary N) is 1. The first-order chi connectivity index (χ1) is 9.45. The number of carbonyl (C=O) groups excluding carboxylic acids is 1. The molecule has 1 aromatic carbocycles. The molecule has 1 amide bonds. The molecule has 2 rings (SSSR count). The summed E-state index contributed by atoms with van der Waals surface area (Å²) in [6.07, 6.45) is 0.596. The Morgan fingerprint density at radius 3 is 2.80 bits per heavy atom. The van der Waals surface area contributed by atoms with Gasteiger partial charge in [-0.25, -0.2) is 8.42 Å². The van der Waals surface area contributed by atoms with E-state index in [-0.39, 0.29) is 17.3 Å². The molecule has 1 saturated heterocycles. The summed E-state index contributed by atoms with van der Waals surface area (Å²) in [5.41, 5.74) is 0.823. The molecule has 7 heteroatoms. The average molecular weight is 298 g/mol. The van der Waals surface area contributed by atoms with E-state index >= 15 is 0 Å². The van der Waals surface area contributed by atoms with Crippen molar-refractivity contribution in [2.24, 2.45) is 0 Å². The van der Waals surface area contributed by atoms with Gasteiger partial charge in [-0.3, -0.25) is 4.79 Å². The highest BCUT2D eigenvalue weighted by atomic mass is 32.2. The van der Waals surface area contributed by atoms with Gasteiger partial charge in [-0.05, 0) is 31.0 Å². The van der Waals surface area contributed by atoms with E-state index in [0.717, 1.165) is 5.56 Å². The molecule has 0 atom stereocenters. The van der Waals surface area contributed by atoms with E-state index in [4.69, 9.17) is 4.74 Å². The predicted octanol–water partition coefficient (Wildman–Crippen LogP) is 0.514. The monoisotopic (exact) mass is 298 g/mol. The van der Waals surface area contributed by atoms with Crippen LogP contribution in [0.25, 0.3) is 0 Å². The molecule has 6 nitrogen and oxygen atoms in total. The van der Waals surface area contributed by atoms with Crippen LogP contribution in [0.4, 0.5) is 0 Å².